The Bertz CT molecular complexity index is 524. The van der Waals surface area contributed by atoms with E-state index in [2.05, 4.69) is 0 Å². The SMILES string of the molecule is CC[C@H]1OC(=O)C[C@H](O)[C@H](C)C(=O)[C@@H](C)C[C@@H](C)[C@H](O)/C=C/C=C/[C@@H]1C. The van der Waals surface area contributed by atoms with Crippen molar-refractivity contribution in [2.45, 2.75) is 72.2 Å². The first-order chi connectivity index (χ1) is 12.2. The molecule has 0 saturated carbocycles. The Labute approximate surface area is 157 Å². The van der Waals surface area contributed by atoms with Gasteiger partial charge in [-0.25, -0.2) is 0 Å². The highest BCUT2D eigenvalue weighted by Gasteiger charge is 2.30. The Morgan fingerprint density at radius 3 is 2.31 bits per heavy atom. The van der Waals surface area contributed by atoms with E-state index < -0.39 is 24.1 Å². The number of ether oxygens (including phenoxy) is 1. The smallest absolute Gasteiger partial charge is 0.308 e. The van der Waals surface area contributed by atoms with Crippen LogP contribution in [0.15, 0.2) is 24.3 Å². The zero-order valence-electron chi connectivity index (χ0n) is 16.6. The van der Waals surface area contributed by atoms with Crippen LogP contribution in [0, 0.1) is 23.7 Å². The summed E-state index contributed by atoms with van der Waals surface area (Å²) in [7, 11) is 0. The second kappa shape index (κ2) is 10.6. The molecule has 7 atom stereocenters. The zero-order chi connectivity index (χ0) is 19.9. The number of carbonyl (C=O) groups is 2. The van der Waals surface area contributed by atoms with Crippen LogP contribution in [-0.2, 0) is 14.3 Å². The highest BCUT2D eigenvalue weighted by molar-refractivity contribution is 5.84. The predicted octanol–water partition coefficient (Wildman–Crippen LogP) is 3.05. The maximum Gasteiger partial charge on any atom is 0.308 e. The van der Waals surface area contributed by atoms with Crippen molar-refractivity contribution in [3.8, 4) is 0 Å². The van der Waals surface area contributed by atoms with Crippen LogP contribution in [0.25, 0.3) is 0 Å². The van der Waals surface area contributed by atoms with E-state index in [1.54, 1.807) is 26.0 Å². The lowest BCUT2D eigenvalue weighted by Gasteiger charge is -2.25. The van der Waals surface area contributed by atoms with Gasteiger partial charge in [-0.05, 0) is 18.8 Å². The molecule has 0 radical (unpaired) electrons. The van der Waals surface area contributed by atoms with Crippen LogP contribution >= 0.6 is 0 Å². The maximum absolute atomic E-state index is 12.6. The van der Waals surface area contributed by atoms with Gasteiger partial charge in [0, 0.05) is 17.8 Å². The fourth-order valence-corrected chi connectivity index (χ4v) is 3.31. The Hall–Kier alpha value is -1.46. The second-order valence-electron chi connectivity index (χ2n) is 7.63. The molecule has 0 bridgehead atoms. The molecule has 26 heavy (non-hydrogen) atoms. The number of hydrogen-bond donors (Lipinski definition) is 2. The Morgan fingerprint density at radius 2 is 1.69 bits per heavy atom. The van der Waals surface area contributed by atoms with Crippen LogP contribution in [0.2, 0.25) is 0 Å². The van der Waals surface area contributed by atoms with Crippen molar-refractivity contribution in [1.29, 1.82) is 0 Å². The number of cyclic esters (lactones) is 1. The maximum atomic E-state index is 12.6. The molecule has 1 aliphatic rings. The average Bonchev–Trinajstić information content (AvgIpc) is 2.60. The molecule has 0 saturated heterocycles. The summed E-state index contributed by atoms with van der Waals surface area (Å²) in [6, 6.07) is 0. The van der Waals surface area contributed by atoms with Crippen LogP contribution in [0.5, 0.6) is 0 Å². The molecule has 0 unspecified atom stereocenters. The molecule has 0 amide bonds. The molecule has 0 aromatic carbocycles. The summed E-state index contributed by atoms with van der Waals surface area (Å²) in [4.78, 5) is 24.7. The van der Waals surface area contributed by atoms with Gasteiger partial charge in [-0.15, -0.1) is 0 Å². The minimum absolute atomic E-state index is 0.00675. The van der Waals surface area contributed by atoms with E-state index in [1.807, 2.05) is 32.9 Å². The molecule has 1 heterocycles. The standard InChI is InChI=1S/C21H34O5/c1-6-19-13(2)9-7-8-10-17(22)14(3)11-15(4)21(25)16(5)18(23)12-20(24)26-19/h7-10,13-19,22-23H,6,11-12H2,1-5H3/b9-7+,10-8+/t13-,14+,15-,16-,17+,18-,19+/m0/s1. The summed E-state index contributed by atoms with van der Waals surface area (Å²) >= 11 is 0. The van der Waals surface area contributed by atoms with E-state index in [0.29, 0.717) is 12.8 Å². The fraction of sp³-hybridized carbons (Fsp3) is 0.714. The normalized spacial score (nSPS) is 40.7. The highest BCUT2D eigenvalue weighted by Crippen LogP contribution is 2.23. The molecule has 2 N–H and O–H groups in total. The average molecular weight is 366 g/mol. The molecule has 0 aromatic heterocycles. The van der Waals surface area contributed by atoms with Crippen molar-refractivity contribution in [2.24, 2.45) is 23.7 Å². The lowest BCUT2D eigenvalue weighted by atomic mass is 9.83. The van der Waals surface area contributed by atoms with Gasteiger partial charge >= 0.3 is 5.97 Å². The summed E-state index contributed by atoms with van der Waals surface area (Å²) in [6.45, 7) is 9.24. The Morgan fingerprint density at radius 1 is 1.08 bits per heavy atom. The van der Waals surface area contributed by atoms with E-state index in [1.165, 1.54) is 0 Å². The number of aliphatic hydroxyl groups is 2. The van der Waals surface area contributed by atoms with Crippen LogP contribution in [-0.4, -0.2) is 40.3 Å². The van der Waals surface area contributed by atoms with E-state index in [-0.39, 0.29) is 36.1 Å². The quantitative estimate of drug-likeness (QED) is 0.697. The number of rotatable bonds is 1. The van der Waals surface area contributed by atoms with Gasteiger partial charge in [0.05, 0.1) is 18.6 Å². The molecule has 0 aromatic rings. The molecule has 5 heteroatoms. The van der Waals surface area contributed by atoms with E-state index in [9.17, 15) is 19.8 Å². The number of aliphatic hydroxyl groups excluding tert-OH is 2. The van der Waals surface area contributed by atoms with E-state index in [4.69, 9.17) is 4.74 Å². The lowest BCUT2D eigenvalue weighted by molar-refractivity contribution is -0.154. The third kappa shape index (κ3) is 6.69. The van der Waals surface area contributed by atoms with Gasteiger partial charge in [-0.1, -0.05) is 58.9 Å². The minimum Gasteiger partial charge on any atom is -0.462 e. The van der Waals surface area contributed by atoms with Crippen molar-refractivity contribution in [3.05, 3.63) is 24.3 Å². The largest absolute Gasteiger partial charge is 0.462 e. The van der Waals surface area contributed by atoms with Crippen molar-refractivity contribution < 1.29 is 24.5 Å². The molecule has 0 fully saturated rings. The first-order valence-electron chi connectivity index (χ1n) is 9.61. The van der Waals surface area contributed by atoms with Gasteiger partial charge in [0.1, 0.15) is 11.9 Å². The third-order valence-corrected chi connectivity index (χ3v) is 5.30. The summed E-state index contributed by atoms with van der Waals surface area (Å²) in [5, 5.41) is 20.6. The first kappa shape index (κ1) is 22.6. The molecular weight excluding hydrogens is 332 g/mol. The number of allylic oxidation sites excluding steroid dienone is 2. The third-order valence-electron chi connectivity index (χ3n) is 5.30. The summed E-state index contributed by atoms with van der Waals surface area (Å²) in [5.41, 5.74) is 0. The first-order valence-corrected chi connectivity index (χ1v) is 9.61. The molecule has 148 valence electrons. The van der Waals surface area contributed by atoms with E-state index in [0.717, 1.165) is 0 Å². The van der Waals surface area contributed by atoms with Gasteiger partial charge in [0.25, 0.3) is 0 Å². The number of carbonyl (C=O) groups excluding carboxylic acids is 2. The van der Waals surface area contributed by atoms with Gasteiger partial charge in [0.15, 0.2) is 0 Å². The molecule has 5 nitrogen and oxygen atoms in total. The summed E-state index contributed by atoms with van der Waals surface area (Å²) in [6.07, 6.45) is 6.27. The van der Waals surface area contributed by atoms with E-state index >= 15 is 0 Å². The fourth-order valence-electron chi connectivity index (χ4n) is 3.31. The Kier molecular flexibility index (Phi) is 9.23. The summed E-state index contributed by atoms with van der Waals surface area (Å²) < 4.78 is 5.50. The number of hydrogen-bond acceptors (Lipinski definition) is 5. The van der Waals surface area contributed by atoms with Gasteiger partial charge in [-0.2, -0.15) is 0 Å². The van der Waals surface area contributed by atoms with Gasteiger partial charge < -0.3 is 14.9 Å². The second-order valence-corrected chi connectivity index (χ2v) is 7.63. The van der Waals surface area contributed by atoms with Crippen LogP contribution in [0.1, 0.15) is 53.9 Å². The molecule has 1 rings (SSSR count). The molecule has 1 aliphatic heterocycles. The Balaban J connectivity index is 3.04. The molecule has 0 aliphatic carbocycles. The van der Waals surface area contributed by atoms with Crippen LogP contribution in [0.3, 0.4) is 0 Å². The van der Waals surface area contributed by atoms with Gasteiger partial charge in [-0.3, -0.25) is 9.59 Å². The number of ketones is 1. The van der Waals surface area contributed by atoms with Crippen molar-refractivity contribution in [1.82, 2.24) is 0 Å². The van der Waals surface area contributed by atoms with Crippen molar-refractivity contribution in [3.63, 3.8) is 0 Å². The predicted molar refractivity (Wildman–Crippen MR) is 101 cm³/mol. The molecular formula is C21H34O5. The minimum atomic E-state index is -1.06. The highest BCUT2D eigenvalue weighted by atomic mass is 16.5. The van der Waals surface area contributed by atoms with Gasteiger partial charge in [0.2, 0.25) is 0 Å². The topological polar surface area (TPSA) is 83.8 Å². The monoisotopic (exact) mass is 366 g/mol. The number of esters is 1. The zero-order valence-corrected chi connectivity index (χ0v) is 16.6. The van der Waals surface area contributed by atoms with Crippen molar-refractivity contribution in [2.75, 3.05) is 0 Å². The van der Waals surface area contributed by atoms with Crippen LogP contribution < -0.4 is 0 Å². The molecule has 0 spiro atoms. The summed E-state index contributed by atoms with van der Waals surface area (Å²) in [5.74, 6) is -1.61. The number of Topliss-reactive ketones (excluding diaryl/α,β-unsaturated/α-hetero) is 1. The van der Waals surface area contributed by atoms with Crippen molar-refractivity contribution >= 4 is 11.8 Å². The van der Waals surface area contributed by atoms with Crippen LogP contribution in [0.4, 0.5) is 0 Å². The lowest BCUT2D eigenvalue weighted by Crippen LogP contribution is -2.34.